The SMILES string of the molecule is NS(=O)(=O)c1ccc(OC2CCOC2)c(F)c1F. The van der Waals surface area contributed by atoms with E-state index >= 15 is 0 Å². The van der Waals surface area contributed by atoms with E-state index < -0.39 is 26.6 Å². The summed E-state index contributed by atoms with van der Waals surface area (Å²) in [5.74, 6) is -3.25. The summed E-state index contributed by atoms with van der Waals surface area (Å²) < 4.78 is 59.2. The fourth-order valence-corrected chi connectivity index (χ4v) is 2.21. The Morgan fingerprint density at radius 2 is 2.06 bits per heavy atom. The summed E-state index contributed by atoms with van der Waals surface area (Å²) in [6.45, 7) is 0.780. The lowest BCUT2D eigenvalue weighted by molar-refractivity contribution is 0.137. The van der Waals surface area contributed by atoms with E-state index in [4.69, 9.17) is 14.6 Å². The zero-order chi connectivity index (χ0) is 13.3. The Kier molecular flexibility index (Phi) is 3.51. The second-order valence-corrected chi connectivity index (χ2v) is 5.37. The predicted octanol–water partition coefficient (Wildman–Crippen LogP) is 0.780. The lowest BCUT2D eigenvalue weighted by Gasteiger charge is -2.13. The van der Waals surface area contributed by atoms with Gasteiger partial charge >= 0.3 is 0 Å². The predicted molar refractivity (Wildman–Crippen MR) is 57.6 cm³/mol. The minimum absolute atomic E-state index is 0.290. The van der Waals surface area contributed by atoms with Crippen molar-refractivity contribution >= 4 is 10.0 Å². The van der Waals surface area contributed by atoms with Gasteiger partial charge in [0.25, 0.3) is 0 Å². The van der Waals surface area contributed by atoms with Crippen LogP contribution in [0.1, 0.15) is 6.42 Å². The minimum Gasteiger partial charge on any atom is -0.485 e. The van der Waals surface area contributed by atoms with Gasteiger partial charge in [0.05, 0.1) is 13.2 Å². The molecule has 8 heteroatoms. The van der Waals surface area contributed by atoms with Gasteiger partial charge in [-0.15, -0.1) is 0 Å². The molecule has 0 amide bonds. The van der Waals surface area contributed by atoms with Gasteiger partial charge in [0, 0.05) is 6.42 Å². The van der Waals surface area contributed by atoms with Crippen LogP contribution in [0.15, 0.2) is 17.0 Å². The van der Waals surface area contributed by atoms with Crippen molar-refractivity contribution in [3.63, 3.8) is 0 Å². The maximum Gasteiger partial charge on any atom is 0.241 e. The van der Waals surface area contributed by atoms with Gasteiger partial charge in [-0.25, -0.2) is 17.9 Å². The van der Waals surface area contributed by atoms with Gasteiger partial charge in [0.2, 0.25) is 15.8 Å². The maximum atomic E-state index is 13.6. The van der Waals surface area contributed by atoms with E-state index in [0.717, 1.165) is 12.1 Å². The molecule has 18 heavy (non-hydrogen) atoms. The molecule has 0 radical (unpaired) electrons. The van der Waals surface area contributed by atoms with Crippen LogP contribution in [0.4, 0.5) is 8.78 Å². The Morgan fingerprint density at radius 3 is 2.61 bits per heavy atom. The molecule has 1 aromatic rings. The van der Waals surface area contributed by atoms with Crippen LogP contribution in [0.25, 0.3) is 0 Å². The van der Waals surface area contributed by atoms with Crippen LogP contribution >= 0.6 is 0 Å². The third kappa shape index (κ3) is 2.60. The van der Waals surface area contributed by atoms with Crippen LogP contribution in [0.3, 0.4) is 0 Å². The van der Waals surface area contributed by atoms with Gasteiger partial charge in [-0.3, -0.25) is 0 Å². The number of hydrogen-bond donors (Lipinski definition) is 1. The van der Waals surface area contributed by atoms with Crippen LogP contribution in [0.5, 0.6) is 5.75 Å². The molecule has 0 saturated carbocycles. The first-order valence-electron chi connectivity index (χ1n) is 5.15. The standard InChI is InChI=1S/C10H11F2NO4S/c11-9-7(17-6-3-4-16-5-6)1-2-8(10(9)12)18(13,14)15/h1-2,6H,3-5H2,(H2,13,14,15). The molecule has 1 saturated heterocycles. The second kappa shape index (κ2) is 4.79. The molecular weight excluding hydrogens is 268 g/mol. The van der Waals surface area contributed by atoms with Gasteiger partial charge in [-0.1, -0.05) is 0 Å². The smallest absolute Gasteiger partial charge is 0.241 e. The van der Waals surface area contributed by atoms with Crippen molar-refractivity contribution < 1.29 is 26.7 Å². The van der Waals surface area contributed by atoms with Gasteiger partial charge in [0.15, 0.2) is 11.6 Å². The second-order valence-electron chi connectivity index (χ2n) is 3.84. The van der Waals surface area contributed by atoms with E-state index in [2.05, 4.69) is 0 Å². The van der Waals surface area contributed by atoms with E-state index in [1.807, 2.05) is 0 Å². The molecule has 1 aliphatic rings. The zero-order valence-corrected chi connectivity index (χ0v) is 10.0. The fourth-order valence-electron chi connectivity index (χ4n) is 1.61. The first-order chi connectivity index (χ1) is 8.39. The number of primary sulfonamides is 1. The lowest BCUT2D eigenvalue weighted by Crippen LogP contribution is -2.18. The highest BCUT2D eigenvalue weighted by atomic mass is 32.2. The summed E-state index contributed by atoms with van der Waals surface area (Å²) in [5.41, 5.74) is 0. The number of hydrogen-bond acceptors (Lipinski definition) is 4. The largest absolute Gasteiger partial charge is 0.485 e. The molecule has 2 N–H and O–H groups in total. The van der Waals surface area contributed by atoms with Gasteiger partial charge in [-0.05, 0) is 12.1 Å². The maximum absolute atomic E-state index is 13.6. The van der Waals surface area contributed by atoms with Crippen LogP contribution < -0.4 is 9.88 Å². The Morgan fingerprint density at radius 1 is 1.33 bits per heavy atom. The summed E-state index contributed by atoms with van der Waals surface area (Å²) >= 11 is 0. The highest BCUT2D eigenvalue weighted by molar-refractivity contribution is 7.89. The quantitative estimate of drug-likeness (QED) is 0.886. The van der Waals surface area contributed by atoms with Gasteiger partial charge in [0.1, 0.15) is 11.0 Å². The Hall–Kier alpha value is -1.25. The van der Waals surface area contributed by atoms with Crippen molar-refractivity contribution in [2.24, 2.45) is 5.14 Å². The average Bonchev–Trinajstić information content (AvgIpc) is 2.76. The van der Waals surface area contributed by atoms with Crippen LogP contribution in [-0.2, 0) is 14.8 Å². The summed E-state index contributed by atoms with van der Waals surface area (Å²) in [7, 11) is -4.30. The van der Waals surface area contributed by atoms with Crippen molar-refractivity contribution in [1.82, 2.24) is 0 Å². The summed E-state index contributed by atoms with van der Waals surface area (Å²) in [6, 6.07) is 1.91. The zero-order valence-electron chi connectivity index (χ0n) is 9.23. The number of nitrogens with two attached hydrogens (primary N) is 1. The molecule has 1 heterocycles. The topological polar surface area (TPSA) is 78.6 Å². The molecule has 1 unspecified atom stereocenters. The van der Waals surface area contributed by atoms with E-state index in [1.54, 1.807) is 0 Å². The van der Waals surface area contributed by atoms with Crippen LogP contribution in [0, 0.1) is 11.6 Å². The van der Waals surface area contributed by atoms with Crippen LogP contribution in [0.2, 0.25) is 0 Å². The Labute approximate surface area is 103 Å². The Balaban J connectivity index is 2.31. The third-order valence-corrected chi connectivity index (χ3v) is 3.43. The van der Waals surface area contributed by atoms with E-state index in [9.17, 15) is 17.2 Å². The lowest BCUT2D eigenvalue weighted by atomic mass is 10.3. The monoisotopic (exact) mass is 279 g/mol. The molecular formula is C10H11F2NO4S. The number of rotatable bonds is 3. The average molecular weight is 279 g/mol. The molecule has 100 valence electrons. The molecule has 0 aliphatic carbocycles. The molecule has 2 rings (SSSR count). The summed E-state index contributed by atoms with van der Waals surface area (Å²) in [6.07, 6.45) is 0.206. The van der Waals surface area contributed by atoms with Crippen molar-refractivity contribution in [3.05, 3.63) is 23.8 Å². The first-order valence-corrected chi connectivity index (χ1v) is 6.69. The van der Waals surface area contributed by atoms with Crippen molar-refractivity contribution in [2.45, 2.75) is 17.4 Å². The van der Waals surface area contributed by atoms with Gasteiger partial charge in [-0.2, -0.15) is 4.39 Å². The number of halogens is 2. The van der Waals surface area contributed by atoms with E-state index in [-0.39, 0.29) is 18.5 Å². The molecule has 1 fully saturated rings. The number of ether oxygens (including phenoxy) is 2. The Bertz CT molecular complexity index is 555. The summed E-state index contributed by atoms with van der Waals surface area (Å²) in [5, 5.41) is 4.74. The van der Waals surface area contributed by atoms with E-state index in [1.165, 1.54) is 0 Å². The molecule has 5 nitrogen and oxygen atoms in total. The molecule has 0 spiro atoms. The normalized spacial score (nSPS) is 20.1. The molecule has 1 atom stereocenters. The number of benzene rings is 1. The first kappa shape index (κ1) is 13.2. The molecule has 0 bridgehead atoms. The number of sulfonamides is 1. The summed E-state index contributed by atoms with van der Waals surface area (Å²) in [4.78, 5) is -0.893. The highest BCUT2D eigenvalue weighted by Gasteiger charge is 2.24. The molecule has 1 aromatic carbocycles. The van der Waals surface area contributed by atoms with Crippen LogP contribution in [-0.4, -0.2) is 27.7 Å². The third-order valence-electron chi connectivity index (χ3n) is 2.50. The highest BCUT2D eigenvalue weighted by Crippen LogP contribution is 2.26. The molecule has 0 aromatic heterocycles. The minimum atomic E-state index is -4.30. The van der Waals surface area contributed by atoms with Crippen molar-refractivity contribution in [3.8, 4) is 5.75 Å². The fraction of sp³-hybridized carbons (Fsp3) is 0.400. The van der Waals surface area contributed by atoms with Gasteiger partial charge < -0.3 is 9.47 Å². The van der Waals surface area contributed by atoms with E-state index in [0.29, 0.717) is 13.0 Å². The molecule has 1 aliphatic heterocycles. The van der Waals surface area contributed by atoms with Crippen molar-refractivity contribution in [1.29, 1.82) is 0 Å². The van der Waals surface area contributed by atoms with Crippen molar-refractivity contribution in [2.75, 3.05) is 13.2 Å².